The van der Waals surface area contributed by atoms with Crippen LogP contribution in [0.1, 0.15) is 32.3 Å². The molecule has 2 heteroatoms. The minimum Gasteiger partial charge on any atom is -0.368 e. The normalized spacial score (nSPS) is 16.0. The zero-order valence-corrected chi connectivity index (χ0v) is 11.1. The highest BCUT2D eigenvalue weighted by molar-refractivity contribution is 5.58. The maximum Gasteiger partial charge on any atom is 0.0401 e. The summed E-state index contributed by atoms with van der Waals surface area (Å²) in [4.78, 5) is 2.57. The number of benzene rings is 1. The molecule has 94 valence electrons. The molecule has 17 heavy (non-hydrogen) atoms. The predicted molar refractivity (Wildman–Crippen MR) is 74.7 cm³/mol. The van der Waals surface area contributed by atoms with Gasteiger partial charge in [-0.25, -0.2) is 0 Å². The lowest BCUT2D eigenvalue weighted by Crippen LogP contribution is -2.32. The predicted octanol–water partition coefficient (Wildman–Crippen LogP) is 2.83. The molecule has 0 fully saturated rings. The van der Waals surface area contributed by atoms with Crippen LogP contribution in [-0.4, -0.2) is 25.7 Å². The monoisotopic (exact) mass is 232 g/mol. The van der Waals surface area contributed by atoms with Gasteiger partial charge in [0.15, 0.2) is 0 Å². The molecule has 0 bridgehead atoms. The first-order valence-corrected chi connectivity index (χ1v) is 6.88. The second-order valence-electron chi connectivity index (χ2n) is 4.92. The molecule has 1 aliphatic rings. The highest BCUT2D eigenvalue weighted by Gasteiger charge is 2.22. The van der Waals surface area contributed by atoms with E-state index in [9.17, 15) is 0 Å². The standard InChI is InChI=1S/C15H24N2/c1-3-16-11-6-7-13(2)17-12-10-14-8-4-5-9-15(14)17/h4-5,8-9,13,16H,3,6-7,10-12H2,1-2H3. The molecule has 0 radical (unpaired) electrons. The van der Waals surface area contributed by atoms with Gasteiger partial charge in [0.2, 0.25) is 0 Å². The molecule has 2 nitrogen and oxygen atoms in total. The van der Waals surface area contributed by atoms with E-state index in [2.05, 4.69) is 48.3 Å². The molecule has 1 atom stereocenters. The van der Waals surface area contributed by atoms with Gasteiger partial charge in [-0.2, -0.15) is 0 Å². The SMILES string of the molecule is CCNCCCC(C)N1CCc2ccccc21. The van der Waals surface area contributed by atoms with E-state index in [1.54, 1.807) is 0 Å². The fraction of sp³-hybridized carbons (Fsp3) is 0.600. The number of hydrogen-bond acceptors (Lipinski definition) is 2. The zero-order valence-electron chi connectivity index (χ0n) is 11.1. The number of fused-ring (bicyclic) bond motifs is 1. The van der Waals surface area contributed by atoms with Crippen LogP contribution in [0.4, 0.5) is 5.69 Å². The number of rotatable bonds is 6. The van der Waals surface area contributed by atoms with Crippen LogP contribution in [0.15, 0.2) is 24.3 Å². The summed E-state index contributed by atoms with van der Waals surface area (Å²) in [6.45, 7) is 7.95. The summed E-state index contributed by atoms with van der Waals surface area (Å²) in [6.07, 6.45) is 3.77. The van der Waals surface area contributed by atoms with Gasteiger partial charge in [-0.3, -0.25) is 0 Å². The summed E-state index contributed by atoms with van der Waals surface area (Å²) < 4.78 is 0. The van der Waals surface area contributed by atoms with Gasteiger partial charge in [0.05, 0.1) is 0 Å². The van der Waals surface area contributed by atoms with Gasteiger partial charge in [-0.15, -0.1) is 0 Å². The van der Waals surface area contributed by atoms with Gasteiger partial charge in [-0.05, 0) is 50.9 Å². The Kier molecular flexibility index (Phi) is 4.43. The maximum atomic E-state index is 3.39. The van der Waals surface area contributed by atoms with Crippen LogP contribution in [0.3, 0.4) is 0 Å². The van der Waals surface area contributed by atoms with Crippen LogP contribution in [0, 0.1) is 0 Å². The Labute approximate surface area is 105 Å². The van der Waals surface area contributed by atoms with E-state index in [0.29, 0.717) is 6.04 Å². The van der Waals surface area contributed by atoms with Gasteiger partial charge in [0.1, 0.15) is 0 Å². The fourth-order valence-corrected chi connectivity index (χ4v) is 2.68. The van der Waals surface area contributed by atoms with Crippen LogP contribution >= 0.6 is 0 Å². The summed E-state index contributed by atoms with van der Waals surface area (Å²) in [5, 5.41) is 3.39. The smallest absolute Gasteiger partial charge is 0.0401 e. The van der Waals surface area contributed by atoms with E-state index in [0.717, 1.165) is 13.1 Å². The number of anilines is 1. The van der Waals surface area contributed by atoms with Gasteiger partial charge < -0.3 is 10.2 Å². The highest BCUT2D eigenvalue weighted by Crippen LogP contribution is 2.30. The molecule has 2 rings (SSSR count). The minimum atomic E-state index is 0.664. The Bertz CT molecular complexity index is 349. The van der Waals surface area contributed by atoms with Crippen LogP contribution in [-0.2, 0) is 6.42 Å². The molecule has 1 heterocycles. The summed E-state index contributed by atoms with van der Waals surface area (Å²) >= 11 is 0. The summed E-state index contributed by atoms with van der Waals surface area (Å²) in [7, 11) is 0. The second-order valence-corrected chi connectivity index (χ2v) is 4.92. The van der Waals surface area contributed by atoms with E-state index < -0.39 is 0 Å². The first-order valence-electron chi connectivity index (χ1n) is 6.88. The lowest BCUT2D eigenvalue weighted by Gasteiger charge is -2.27. The third-order valence-electron chi connectivity index (χ3n) is 3.68. The van der Waals surface area contributed by atoms with Gasteiger partial charge in [0, 0.05) is 18.3 Å². The van der Waals surface area contributed by atoms with Crippen LogP contribution in [0.25, 0.3) is 0 Å². The molecule has 1 aliphatic heterocycles. The Morgan fingerprint density at radius 1 is 1.35 bits per heavy atom. The van der Waals surface area contributed by atoms with Crippen molar-refractivity contribution in [3.63, 3.8) is 0 Å². The third-order valence-corrected chi connectivity index (χ3v) is 3.68. The van der Waals surface area contributed by atoms with Gasteiger partial charge >= 0.3 is 0 Å². The number of para-hydroxylation sites is 1. The van der Waals surface area contributed by atoms with Crippen molar-refractivity contribution in [1.82, 2.24) is 5.32 Å². The molecular formula is C15H24N2. The summed E-state index contributed by atoms with van der Waals surface area (Å²) in [5.74, 6) is 0. The van der Waals surface area contributed by atoms with Crippen molar-refractivity contribution in [3.8, 4) is 0 Å². The lowest BCUT2D eigenvalue weighted by atomic mass is 10.1. The number of nitrogens with one attached hydrogen (secondary N) is 1. The molecule has 0 aromatic heterocycles. The Morgan fingerprint density at radius 3 is 3.00 bits per heavy atom. The van der Waals surface area contributed by atoms with Crippen molar-refractivity contribution < 1.29 is 0 Å². The molecule has 1 aromatic carbocycles. The van der Waals surface area contributed by atoms with E-state index in [1.165, 1.54) is 37.1 Å². The molecule has 1 N–H and O–H groups in total. The van der Waals surface area contributed by atoms with Crippen LogP contribution in [0.2, 0.25) is 0 Å². The zero-order chi connectivity index (χ0) is 12.1. The molecule has 1 aromatic rings. The molecule has 0 aliphatic carbocycles. The molecule has 1 unspecified atom stereocenters. The quantitative estimate of drug-likeness (QED) is 0.759. The van der Waals surface area contributed by atoms with E-state index >= 15 is 0 Å². The highest BCUT2D eigenvalue weighted by atomic mass is 15.2. The van der Waals surface area contributed by atoms with E-state index in [1.807, 2.05) is 0 Å². The molecule has 0 spiro atoms. The van der Waals surface area contributed by atoms with E-state index in [4.69, 9.17) is 0 Å². The van der Waals surface area contributed by atoms with Crippen molar-refractivity contribution in [2.24, 2.45) is 0 Å². The van der Waals surface area contributed by atoms with E-state index in [-0.39, 0.29) is 0 Å². The summed E-state index contributed by atoms with van der Waals surface area (Å²) in [5.41, 5.74) is 2.98. The Morgan fingerprint density at radius 2 is 2.18 bits per heavy atom. The first kappa shape index (κ1) is 12.4. The molecule has 0 saturated heterocycles. The van der Waals surface area contributed by atoms with Gasteiger partial charge in [-0.1, -0.05) is 25.1 Å². The van der Waals surface area contributed by atoms with Crippen molar-refractivity contribution in [1.29, 1.82) is 0 Å². The van der Waals surface area contributed by atoms with Crippen molar-refractivity contribution >= 4 is 5.69 Å². The Hall–Kier alpha value is -1.02. The van der Waals surface area contributed by atoms with Gasteiger partial charge in [0.25, 0.3) is 0 Å². The second kappa shape index (κ2) is 6.06. The molecule has 0 amide bonds. The number of nitrogens with zero attached hydrogens (tertiary/aromatic N) is 1. The molecule has 0 saturated carbocycles. The molecular weight excluding hydrogens is 208 g/mol. The van der Waals surface area contributed by atoms with Crippen molar-refractivity contribution in [2.75, 3.05) is 24.5 Å². The minimum absolute atomic E-state index is 0.664. The van der Waals surface area contributed by atoms with Crippen LogP contribution in [0.5, 0.6) is 0 Å². The lowest BCUT2D eigenvalue weighted by molar-refractivity contribution is 0.553. The number of hydrogen-bond donors (Lipinski definition) is 1. The average Bonchev–Trinajstić information content (AvgIpc) is 2.78. The average molecular weight is 232 g/mol. The fourth-order valence-electron chi connectivity index (χ4n) is 2.68. The Balaban J connectivity index is 1.87. The van der Waals surface area contributed by atoms with Crippen molar-refractivity contribution in [3.05, 3.63) is 29.8 Å². The third kappa shape index (κ3) is 3.01. The topological polar surface area (TPSA) is 15.3 Å². The maximum absolute atomic E-state index is 3.39. The van der Waals surface area contributed by atoms with Crippen LogP contribution < -0.4 is 10.2 Å². The first-order chi connectivity index (χ1) is 8.33. The largest absolute Gasteiger partial charge is 0.368 e. The summed E-state index contributed by atoms with van der Waals surface area (Å²) in [6, 6.07) is 9.50. The van der Waals surface area contributed by atoms with Crippen molar-refractivity contribution in [2.45, 2.75) is 39.2 Å².